The summed E-state index contributed by atoms with van der Waals surface area (Å²) in [5.74, 6) is -0.184. The van der Waals surface area contributed by atoms with E-state index in [2.05, 4.69) is 16.9 Å². The van der Waals surface area contributed by atoms with Crippen LogP contribution in [0.1, 0.15) is 6.92 Å². The molecule has 1 N–H and O–H groups in total. The van der Waals surface area contributed by atoms with Crippen molar-refractivity contribution in [3.05, 3.63) is 37.1 Å². The van der Waals surface area contributed by atoms with E-state index in [1.807, 2.05) is 0 Å². The zero-order chi connectivity index (χ0) is 9.68. The minimum Gasteiger partial charge on any atom is -0.327 e. The Balaban J connectivity index is 2.43. The lowest BCUT2D eigenvalue weighted by Gasteiger charge is -1.96. The maximum Gasteiger partial charge on any atom is 0.250 e. The van der Waals surface area contributed by atoms with E-state index in [-0.39, 0.29) is 5.91 Å². The highest BCUT2D eigenvalue weighted by molar-refractivity contribution is 5.92. The summed E-state index contributed by atoms with van der Waals surface area (Å²) < 4.78 is 1.72. The number of hydrogen-bond acceptors (Lipinski definition) is 2. The Kier molecular flexibility index (Phi) is 3.03. The quantitative estimate of drug-likeness (QED) is 0.700. The lowest BCUT2D eigenvalue weighted by Crippen LogP contribution is -2.17. The predicted octanol–water partition coefficient (Wildman–Crippen LogP) is 1.00. The molecule has 0 aliphatic carbocycles. The number of rotatable bonds is 3. The van der Waals surface area contributed by atoms with Crippen molar-refractivity contribution in [3.63, 3.8) is 0 Å². The van der Waals surface area contributed by atoms with Crippen LogP contribution in [0.25, 0.3) is 6.20 Å². The van der Waals surface area contributed by atoms with Crippen LogP contribution in [0.3, 0.4) is 0 Å². The van der Waals surface area contributed by atoms with E-state index in [9.17, 15) is 4.79 Å². The standard InChI is InChI=1S/C9H11N3O/c1-8(2)9(13)11-4-6-12-5-3-10-7-12/h3-7H,1H2,2H3,(H,11,13). The zero-order valence-electron chi connectivity index (χ0n) is 7.40. The molecule has 1 rings (SSSR count). The van der Waals surface area contributed by atoms with Crippen molar-refractivity contribution in [1.82, 2.24) is 14.9 Å². The zero-order valence-corrected chi connectivity index (χ0v) is 7.40. The second kappa shape index (κ2) is 4.25. The van der Waals surface area contributed by atoms with E-state index >= 15 is 0 Å². The van der Waals surface area contributed by atoms with Crippen molar-refractivity contribution < 1.29 is 4.79 Å². The maximum atomic E-state index is 11.0. The molecule has 0 aliphatic heterocycles. The minimum atomic E-state index is -0.184. The molecule has 1 aromatic rings. The second-order valence-electron chi connectivity index (χ2n) is 2.58. The molecule has 0 bridgehead atoms. The Morgan fingerprint density at radius 3 is 3.00 bits per heavy atom. The molecule has 4 nitrogen and oxygen atoms in total. The van der Waals surface area contributed by atoms with E-state index in [0.717, 1.165) is 0 Å². The third kappa shape index (κ3) is 2.94. The summed E-state index contributed by atoms with van der Waals surface area (Å²) in [4.78, 5) is 14.8. The number of nitrogens with one attached hydrogen (secondary N) is 1. The molecule has 0 saturated heterocycles. The number of carbonyl (C=O) groups is 1. The van der Waals surface area contributed by atoms with E-state index in [0.29, 0.717) is 5.57 Å². The van der Waals surface area contributed by atoms with Gasteiger partial charge in [0, 0.05) is 30.4 Å². The molecule has 0 aliphatic rings. The molecular weight excluding hydrogens is 166 g/mol. The molecule has 1 amide bonds. The Bertz CT molecular complexity index is 325. The first-order valence-electron chi connectivity index (χ1n) is 3.80. The average Bonchev–Trinajstić information content (AvgIpc) is 2.56. The van der Waals surface area contributed by atoms with Gasteiger partial charge < -0.3 is 9.88 Å². The first-order valence-corrected chi connectivity index (χ1v) is 3.80. The van der Waals surface area contributed by atoms with Crippen LogP contribution in [0.5, 0.6) is 0 Å². The fourth-order valence-corrected chi connectivity index (χ4v) is 0.680. The SMILES string of the molecule is C=C(C)C(=O)NC=Cn1ccnc1. The van der Waals surface area contributed by atoms with Crippen molar-refractivity contribution in [3.8, 4) is 0 Å². The Labute approximate surface area is 76.6 Å². The first kappa shape index (κ1) is 9.25. The predicted molar refractivity (Wildman–Crippen MR) is 50.5 cm³/mol. The lowest BCUT2D eigenvalue weighted by atomic mass is 10.3. The normalized spacial score (nSPS) is 10.2. The number of hydrogen-bond donors (Lipinski definition) is 1. The number of carbonyl (C=O) groups excluding carboxylic acids is 1. The molecule has 0 radical (unpaired) electrons. The molecule has 4 heteroatoms. The van der Waals surface area contributed by atoms with Crippen LogP contribution in [-0.2, 0) is 4.79 Å². The molecule has 0 spiro atoms. The van der Waals surface area contributed by atoms with Crippen LogP contribution < -0.4 is 5.32 Å². The minimum absolute atomic E-state index is 0.184. The van der Waals surface area contributed by atoms with Crippen LogP contribution in [0.2, 0.25) is 0 Å². The highest BCUT2D eigenvalue weighted by Gasteiger charge is 1.95. The maximum absolute atomic E-state index is 11.0. The number of imidazole rings is 1. The summed E-state index contributed by atoms with van der Waals surface area (Å²) in [6, 6.07) is 0. The Hall–Kier alpha value is -1.84. The van der Waals surface area contributed by atoms with Crippen molar-refractivity contribution >= 4 is 12.1 Å². The van der Waals surface area contributed by atoms with E-state index in [4.69, 9.17) is 0 Å². The summed E-state index contributed by atoms with van der Waals surface area (Å²) in [5.41, 5.74) is 0.482. The van der Waals surface area contributed by atoms with Gasteiger partial charge in [0.2, 0.25) is 5.91 Å². The monoisotopic (exact) mass is 177 g/mol. The van der Waals surface area contributed by atoms with Gasteiger partial charge in [-0.15, -0.1) is 0 Å². The van der Waals surface area contributed by atoms with Gasteiger partial charge in [0.15, 0.2) is 0 Å². The highest BCUT2D eigenvalue weighted by atomic mass is 16.1. The second-order valence-corrected chi connectivity index (χ2v) is 2.58. The molecule has 0 atom stereocenters. The van der Waals surface area contributed by atoms with Crippen LogP contribution in [-0.4, -0.2) is 15.5 Å². The number of amides is 1. The van der Waals surface area contributed by atoms with Gasteiger partial charge in [-0.2, -0.15) is 0 Å². The molecule has 68 valence electrons. The molecular formula is C9H11N3O. The van der Waals surface area contributed by atoms with E-state index < -0.39 is 0 Å². The molecule has 13 heavy (non-hydrogen) atoms. The Morgan fingerprint density at radius 2 is 2.46 bits per heavy atom. The van der Waals surface area contributed by atoms with Gasteiger partial charge in [0.1, 0.15) is 0 Å². The molecule has 1 aromatic heterocycles. The number of nitrogens with zero attached hydrogens (tertiary/aromatic N) is 2. The molecule has 0 unspecified atom stereocenters. The average molecular weight is 177 g/mol. The smallest absolute Gasteiger partial charge is 0.250 e. The van der Waals surface area contributed by atoms with Gasteiger partial charge in [-0.05, 0) is 6.92 Å². The van der Waals surface area contributed by atoms with Crippen molar-refractivity contribution in [1.29, 1.82) is 0 Å². The largest absolute Gasteiger partial charge is 0.327 e. The third-order valence-corrected chi connectivity index (χ3v) is 1.37. The van der Waals surface area contributed by atoms with Crippen molar-refractivity contribution in [2.45, 2.75) is 6.92 Å². The number of aromatic nitrogens is 2. The topological polar surface area (TPSA) is 46.9 Å². The summed E-state index contributed by atoms with van der Waals surface area (Å²) >= 11 is 0. The van der Waals surface area contributed by atoms with Crippen LogP contribution >= 0.6 is 0 Å². The van der Waals surface area contributed by atoms with Crippen LogP contribution in [0.4, 0.5) is 0 Å². The van der Waals surface area contributed by atoms with Crippen LogP contribution in [0, 0.1) is 0 Å². The van der Waals surface area contributed by atoms with Gasteiger partial charge in [0.05, 0.1) is 6.33 Å². The fourth-order valence-electron chi connectivity index (χ4n) is 0.680. The summed E-state index contributed by atoms with van der Waals surface area (Å²) in [6.45, 7) is 5.16. The highest BCUT2D eigenvalue weighted by Crippen LogP contribution is 1.88. The lowest BCUT2D eigenvalue weighted by molar-refractivity contribution is -0.116. The van der Waals surface area contributed by atoms with Gasteiger partial charge in [-0.1, -0.05) is 6.58 Å². The van der Waals surface area contributed by atoms with Crippen LogP contribution in [0.15, 0.2) is 37.1 Å². The van der Waals surface area contributed by atoms with E-state index in [1.54, 1.807) is 42.6 Å². The third-order valence-electron chi connectivity index (χ3n) is 1.37. The van der Waals surface area contributed by atoms with Gasteiger partial charge in [-0.25, -0.2) is 4.98 Å². The van der Waals surface area contributed by atoms with Gasteiger partial charge in [-0.3, -0.25) is 4.79 Å². The van der Waals surface area contributed by atoms with Gasteiger partial charge >= 0.3 is 0 Å². The Morgan fingerprint density at radius 1 is 1.69 bits per heavy atom. The molecule has 0 saturated carbocycles. The molecule has 1 heterocycles. The molecule has 0 aromatic carbocycles. The molecule has 0 fully saturated rings. The summed E-state index contributed by atoms with van der Waals surface area (Å²) in [7, 11) is 0. The van der Waals surface area contributed by atoms with Crippen molar-refractivity contribution in [2.24, 2.45) is 0 Å². The van der Waals surface area contributed by atoms with Gasteiger partial charge in [0.25, 0.3) is 0 Å². The fraction of sp³-hybridized carbons (Fsp3) is 0.111. The van der Waals surface area contributed by atoms with Crippen molar-refractivity contribution in [2.75, 3.05) is 0 Å². The summed E-state index contributed by atoms with van der Waals surface area (Å²) in [5, 5.41) is 2.55. The van der Waals surface area contributed by atoms with E-state index in [1.165, 1.54) is 0 Å². The first-order chi connectivity index (χ1) is 6.20. The summed E-state index contributed by atoms with van der Waals surface area (Å²) in [6.07, 6.45) is 8.28.